The van der Waals surface area contributed by atoms with E-state index >= 15 is 0 Å². The van der Waals surface area contributed by atoms with E-state index in [0.717, 1.165) is 23.2 Å². The molecule has 5 heteroatoms. The molecule has 1 saturated heterocycles. The zero-order valence-corrected chi connectivity index (χ0v) is 13.9. The van der Waals surface area contributed by atoms with Crippen LogP contribution in [0.1, 0.15) is 9.67 Å². The van der Waals surface area contributed by atoms with Gasteiger partial charge in [-0.25, -0.2) is 4.39 Å². The maximum absolute atomic E-state index is 13.3. The number of hydrogen-bond donors (Lipinski definition) is 0. The van der Waals surface area contributed by atoms with Crippen LogP contribution in [0.15, 0.2) is 54.6 Å². The van der Waals surface area contributed by atoms with E-state index in [-0.39, 0.29) is 11.7 Å². The minimum absolute atomic E-state index is 0.0457. The highest BCUT2D eigenvalue weighted by Crippen LogP contribution is 2.27. The van der Waals surface area contributed by atoms with Crippen LogP contribution in [0.25, 0.3) is 10.1 Å². The third kappa shape index (κ3) is 2.87. The molecule has 3 nitrogen and oxygen atoms in total. The molecule has 0 aliphatic carbocycles. The number of carbonyl (C=O) groups is 1. The number of fused-ring (bicyclic) bond motifs is 1. The first kappa shape index (κ1) is 15.1. The van der Waals surface area contributed by atoms with Gasteiger partial charge >= 0.3 is 0 Å². The van der Waals surface area contributed by atoms with E-state index < -0.39 is 0 Å². The van der Waals surface area contributed by atoms with Crippen LogP contribution in [0.4, 0.5) is 10.1 Å². The van der Waals surface area contributed by atoms with E-state index in [2.05, 4.69) is 17.0 Å². The summed E-state index contributed by atoms with van der Waals surface area (Å²) >= 11 is 1.43. The number of rotatable bonds is 2. The van der Waals surface area contributed by atoms with Gasteiger partial charge in [0.05, 0.1) is 4.88 Å². The number of nitrogens with zero attached hydrogens (tertiary/aromatic N) is 2. The van der Waals surface area contributed by atoms with Crippen molar-refractivity contribution in [2.45, 2.75) is 0 Å². The van der Waals surface area contributed by atoms with Gasteiger partial charge in [0.2, 0.25) is 0 Å². The summed E-state index contributed by atoms with van der Waals surface area (Å²) < 4.78 is 14.3. The largest absolute Gasteiger partial charge is 0.368 e. The maximum Gasteiger partial charge on any atom is 0.264 e. The first-order chi connectivity index (χ1) is 11.7. The fourth-order valence-electron chi connectivity index (χ4n) is 3.08. The maximum atomic E-state index is 13.3. The zero-order chi connectivity index (χ0) is 16.5. The van der Waals surface area contributed by atoms with Crippen LogP contribution in [0.3, 0.4) is 0 Å². The molecule has 1 amide bonds. The molecule has 1 aliphatic rings. The van der Waals surface area contributed by atoms with Crippen molar-refractivity contribution in [2.24, 2.45) is 0 Å². The Morgan fingerprint density at radius 1 is 0.958 bits per heavy atom. The molecule has 24 heavy (non-hydrogen) atoms. The van der Waals surface area contributed by atoms with Gasteiger partial charge in [-0.2, -0.15) is 0 Å². The van der Waals surface area contributed by atoms with E-state index in [1.807, 2.05) is 23.1 Å². The van der Waals surface area contributed by atoms with Gasteiger partial charge in [-0.05, 0) is 41.8 Å². The third-order valence-corrected chi connectivity index (χ3v) is 5.48. The quantitative estimate of drug-likeness (QED) is 0.704. The minimum atomic E-state index is -0.268. The molecule has 0 unspecified atom stereocenters. The molecule has 4 rings (SSSR count). The van der Waals surface area contributed by atoms with Crippen LogP contribution in [0.2, 0.25) is 0 Å². The van der Waals surface area contributed by atoms with Crippen molar-refractivity contribution in [1.82, 2.24) is 4.90 Å². The normalized spacial score (nSPS) is 15.0. The third-order valence-electron chi connectivity index (χ3n) is 4.38. The van der Waals surface area contributed by atoms with E-state index in [1.165, 1.54) is 29.2 Å². The second-order valence-electron chi connectivity index (χ2n) is 5.91. The molecule has 2 heterocycles. The molecule has 0 bridgehead atoms. The molecule has 3 aromatic rings. The summed E-state index contributed by atoms with van der Waals surface area (Å²) in [5.41, 5.74) is 1.20. The van der Waals surface area contributed by atoms with E-state index in [0.29, 0.717) is 18.0 Å². The summed E-state index contributed by atoms with van der Waals surface area (Å²) in [4.78, 5) is 17.6. The Balaban J connectivity index is 1.47. The first-order valence-corrected chi connectivity index (χ1v) is 8.81. The molecule has 0 radical (unpaired) electrons. The van der Waals surface area contributed by atoms with Gasteiger partial charge in [-0.1, -0.05) is 18.2 Å². The van der Waals surface area contributed by atoms with Crippen molar-refractivity contribution >= 4 is 33.0 Å². The Kier molecular flexibility index (Phi) is 3.94. The Morgan fingerprint density at radius 2 is 1.71 bits per heavy atom. The second kappa shape index (κ2) is 6.24. The molecular formula is C19H17FN2OS. The average Bonchev–Trinajstić information content (AvgIpc) is 3.05. The number of carbonyl (C=O) groups excluding carboxylic acids is 1. The van der Waals surface area contributed by atoms with Crippen molar-refractivity contribution in [1.29, 1.82) is 0 Å². The van der Waals surface area contributed by atoms with Gasteiger partial charge in [0, 0.05) is 36.6 Å². The van der Waals surface area contributed by atoms with Crippen molar-refractivity contribution in [3.05, 3.63) is 65.3 Å². The van der Waals surface area contributed by atoms with Crippen molar-refractivity contribution in [2.75, 3.05) is 31.1 Å². The topological polar surface area (TPSA) is 23.6 Å². The van der Waals surface area contributed by atoms with E-state index in [9.17, 15) is 9.18 Å². The summed E-state index contributed by atoms with van der Waals surface area (Å²) in [5.74, 6) is -0.222. The molecule has 1 aliphatic heterocycles. The highest BCUT2D eigenvalue weighted by molar-refractivity contribution is 7.20. The van der Waals surface area contributed by atoms with Gasteiger partial charge in [-0.3, -0.25) is 4.79 Å². The lowest BCUT2D eigenvalue weighted by molar-refractivity contribution is 0.0751. The fourth-order valence-corrected chi connectivity index (χ4v) is 4.09. The summed E-state index contributed by atoms with van der Waals surface area (Å²) in [5, 5.41) is 0.797. The van der Waals surface area contributed by atoms with Crippen LogP contribution >= 0.6 is 11.3 Å². The lowest BCUT2D eigenvalue weighted by atomic mass is 10.2. The van der Waals surface area contributed by atoms with Gasteiger partial charge in [0.1, 0.15) is 5.82 Å². The summed E-state index contributed by atoms with van der Waals surface area (Å²) in [6, 6.07) is 16.7. The van der Waals surface area contributed by atoms with Gasteiger partial charge in [0.15, 0.2) is 0 Å². The van der Waals surface area contributed by atoms with Crippen LogP contribution < -0.4 is 4.90 Å². The molecule has 0 spiro atoms. The Labute approximate surface area is 143 Å². The van der Waals surface area contributed by atoms with Gasteiger partial charge < -0.3 is 9.80 Å². The van der Waals surface area contributed by atoms with Crippen molar-refractivity contribution in [3.8, 4) is 0 Å². The van der Waals surface area contributed by atoms with Crippen molar-refractivity contribution < 1.29 is 9.18 Å². The fraction of sp³-hybridized carbons (Fsp3) is 0.211. The highest BCUT2D eigenvalue weighted by Gasteiger charge is 2.23. The molecule has 0 atom stereocenters. The zero-order valence-electron chi connectivity index (χ0n) is 13.1. The minimum Gasteiger partial charge on any atom is -0.368 e. The number of thiophene rings is 1. The van der Waals surface area contributed by atoms with Crippen LogP contribution in [0.5, 0.6) is 0 Å². The van der Waals surface area contributed by atoms with Crippen LogP contribution in [-0.4, -0.2) is 37.0 Å². The molecule has 1 fully saturated rings. The average molecular weight is 340 g/mol. The first-order valence-electron chi connectivity index (χ1n) is 7.99. The Morgan fingerprint density at radius 3 is 2.46 bits per heavy atom. The summed E-state index contributed by atoms with van der Waals surface area (Å²) in [6.45, 7) is 3.07. The molecule has 122 valence electrons. The smallest absolute Gasteiger partial charge is 0.264 e. The summed E-state index contributed by atoms with van der Waals surface area (Å²) in [7, 11) is 0. The molecule has 1 aromatic heterocycles. The van der Waals surface area contributed by atoms with Gasteiger partial charge in [-0.15, -0.1) is 11.3 Å². The summed E-state index contributed by atoms with van der Waals surface area (Å²) in [6.07, 6.45) is 0. The van der Waals surface area contributed by atoms with Crippen molar-refractivity contribution in [3.63, 3.8) is 0 Å². The van der Waals surface area contributed by atoms with Crippen LogP contribution in [-0.2, 0) is 0 Å². The molecule has 0 N–H and O–H groups in total. The number of piperazine rings is 1. The highest BCUT2D eigenvalue weighted by atomic mass is 32.1. The van der Waals surface area contributed by atoms with Gasteiger partial charge in [0.25, 0.3) is 5.91 Å². The van der Waals surface area contributed by atoms with E-state index in [1.54, 1.807) is 12.1 Å². The second-order valence-corrected chi connectivity index (χ2v) is 6.99. The number of amides is 1. The monoisotopic (exact) mass is 340 g/mol. The predicted octanol–water partition coefficient (Wildman–Crippen LogP) is 4.00. The lowest BCUT2D eigenvalue weighted by Gasteiger charge is -2.35. The SMILES string of the molecule is O=C(c1cc2cc(F)ccc2s1)N1CCN(c2ccccc2)CC1. The number of anilines is 1. The predicted molar refractivity (Wildman–Crippen MR) is 96.3 cm³/mol. The Bertz CT molecular complexity index is 869. The number of para-hydroxylation sites is 1. The number of hydrogen-bond acceptors (Lipinski definition) is 3. The number of benzene rings is 2. The Hall–Kier alpha value is -2.40. The molecular weight excluding hydrogens is 323 g/mol. The standard InChI is InChI=1S/C19H17FN2OS/c20-15-6-7-17-14(12-15)13-18(24-17)19(23)22-10-8-21(9-11-22)16-4-2-1-3-5-16/h1-7,12-13H,8-11H2. The lowest BCUT2D eigenvalue weighted by Crippen LogP contribution is -2.48. The van der Waals surface area contributed by atoms with Crippen LogP contribution in [0, 0.1) is 5.82 Å². The molecule has 0 saturated carbocycles. The van der Waals surface area contributed by atoms with E-state index in [4.69, 9.17) is 0 Å². The molecule has 2 aromatic carbocycles. The number of halogens is 1.